The van der Waals surface area contributed by atoms with Gasteiger partial charge in [-0.25, -0.2) is 8.78 Å². The summed E-state index contributed by atoms with van der Waals surface area (Å²) in [4.78, 5) is 4.17. The number of hydrazine groups is 1. The first-order chi connectivity index (χ1) is 9.22. The summed E-state index contributed by atoms with van der Waals surface area (Å²) >= 11 is 0. The SMILES string of the molecule is NNC(CCc1ccccn1)c1c(F)cccc1F. The molecule has 0 amide bonds. The molecule has 1 unspecified atom stereocenters. The van der Waals surface area contributed by atoms with Crippen molar-refractivity contribution in [3.63, 3.8) is 0 Å². The zero-order valence-electron chi connectivity index (χ0n) is 10.3. The normalized spacial score (nSPS) is 12.4. The van der Waals surface area contributed by atoms with E-state index in [2.05, 4.69) is 10.4 Å². The Kier molecular flexibility index (Phi) is 4.54. The third-order valence-corrected chi connectivity index (χ3v) is 2.96. The van der Waals surface area contributed by atoms with Crippen LogP contribution in [0.1, 0.15) is 23.7 Å². The van der Waals surface area contributed by atoms with Crippen LogP contribution >= 0.6 is 0 Å². The van der Waals surface area contributed by atoms with Crippen LogP contribution in [0.2, 0.25) is 0 Å². The third-order valence-electron chi connectivity index (χ3n) is 2.96. The fourth-order valence-corrected chi connectivity index (χ4v) is 1.99. The second-order valence-electron chi connectivity index (χ2n) is 4.21. The Bertz CT molecular complexity index is 511. The van der Waals surface area contributed by atoms with Gasteiger partial charge in [-0.15, -0.1) is 0 Å². The van der Waals surface area contributed by atoms with Crippen LogP contribution in [0.15, 0.2) is 42.6 Å². The van der Waals surface area contributed by atoms with Crippen molar-refractivity contribution in [2.45, 2.75) is 18.9 Å². The second-order valence-corrected chi connectivity index (χ2v) is 4.21. The number of nitrogens with two attached hydrogens (primary N) is 1. The molecule has 2 rings (SSSR count). The molecule has 0 spiro atoms. The van der Waals surface area contributed by atoms with Crippen molar-refractivity contribution in [1.82, 2.24) is 10.4 Å². The largest absolute Gasteiger partial charge is 0.271 e. The first kappa shape index (κ1) is 13.6. The molecule has 19 heavy (non-hydrogen) atoms. The van der Waals surface area contributed by atoms with Crippen molar-refractivity contribution in [3.8, 4) is 0 Å². The maximum Gasteiger partial charge on any atom is 0.130 e. The Morgan fingerprint density at radius 2 is 1.84 bits per heavy atom. The van der Waals surface area contributed by atoms with Gasteiger partial charge in [-0.1, -0.05) is 12.1 Å². The molecular weight excluding hydrogens is 248 g/mol. The Morgan fingerprint density at radius 3 is 2.42 bits per heavy atom. The molecule has 0 radical (unpaired) electrons. The monoisotopic (exact) mass is 263 g/mol. The van der Waals surface area contributed by atoms with Gasteiger partial charge in [0.15, 0.2) is 0 Å². The molecule has 0 aliphatic rings. The molecule has 2 aromatic rings. The van der Waals surface area contributed by atoms with Crippen LogP contribution in [0, 0.1) is 11.6 Å². The molecule has 0 saturated heterocycles. The molecule has 1 aromatic heterocycles. The summed E-state index contributed by atoms with van der Waals surface area (Å²) in [5.41, 5.74) is 3.30. The molecule has 1 heterocycles. The molecule has 0 aliphatic carbocycles. The van der Waals surface area contributed by atoms with E-state index in [1.54, 1.807) is 6.20 Å². The molecule has 1 atom stereocenters. The van der Waals surface area contributed by atoms with Crippen molar-refractivity contribution in [2.24, 2.45) is 5.84 Å². The van der Waals surface area contributed by atoms with Gasteiger partial charge < -0.3 is 0 Å². The fourth-order valence-electron chi connectivity index (χ4n) is 1.99. The lowest BCUT2D eigenvalue weighted by atomic mass is 10.00. The van der Waals surface area contributed by atoms with E-state index in [1.807, 2.05) is 18.2 Å². The molecule has 0 saturated carbocycles. The van der Waals surface area contributed by atoms with Gasteiger partial charge >= 0.3 is 0 Å². The Morgan fingerprint density at radius 1 is 1.11 bits per heavy atom. The van der Waals surface area contributed by atoms with Crippen LogP contribution in [0.5, 0.6) is 0 Å². The van der Waals surface area contributed by atoms with E-state index in [9.17, 15) is 8.78 Å². The molecule has 5 heteroatoms. The van der Waals surface area contributed by atoms with Crippen molar-refractivity contribution in [2.75, 3.05) is 0 Å². The molecule has 100 valence electrons. The predicted molar refractivity (Wildman–Crippen MR) is 69.0 cm³/mol. The highest BCUT2D eigenvalue weighted by Gasteiger charge is 2.18. The van der Waals surface area contributed by atoms with Gasteiger partial charge in [0.1, 0.15) is 11.6 Å². The molecule has 3 N–H and O–H groups in total. The molecule has 0 fully saturated rings. The maximum atomic E-state index is 13.7. The maximum absolute atomic E-state index is 13.7. The number of halogens is 2. The molecular formula is C14H15F2N3. The lowest BCUT2D eigenvalue weighted by molar-refractivity contribution is 0.453. The average molecular weight is 263 g/mol. The molecule has 3 nitrogen and oxygen atoms in total. The van der Waals surface area contributed by atoms with Gasteiger partial charge in [0.05, 0.1) is 6.04 Å². The summed E-state index contributed by atoms with van der Waals surface area (Å²) < 4.78 is 27.3. The lowest BCUT2D eigenvalue weighted by Crippen LogP contribution is -2.30. The van der Waals surface area contributed by atoms with Crippen molar-refractivity contribution in [1.29, 1.82) is 0 Å². The first-order valence-corrected chi connectivity index (χ1v) is 6.02. The highest BCUT2D eigenvalue weighted by molar-refractivity contribution is 5.23. The van der Waals surface area contributed by atoms with Gasteiger partial charge in [0, 0.05) is 17.5 Å². The van der Waals surface area contributed by atoms with Crippen molar-refractivity contribution in [3.05, 3.63) is 65.5 Å². The van der Waals surface area contributed by atoms with Crippen molar-refractivity contribution < 1.29 is 8.78 Å². The smallest absolute Gasteiger partial charge is 0.130 e. The predicted octanol–water partition coefficient (Wildman–Crippen LogP) is 2.50. The number of nitrogens with zero attached hydrogens (tertiary/aromatic N) is 1. The summed E-state index contributed by atoms with van der Waals surface area (Å²) in [6, 6.07) is 8.76. The van der Waals surface area contributed by atoms with E-state index >= 15 is 0 Å². The van der Waals surface area contributed by atoms with Gasteiger partial charge in [-0.3, -0.25) is 16.3 Å². The van der Waals surface area contributed by atoms with E-state index in [-0.39, 0.29) is 5.56 Å². The number of benzene rings is 1. The number of nitrogens with one attached hydrogen (secondary N) is 1. The number of hydrogen-bond acceptors (Lipinski definition) is 3. The van der Waals surface area contributed by atoms with Crippen LogP contribution in [-0.2, 0) is 6.42 Å². The summed E-state index contributed by atoms with van der Waals surface area (Å²) in [7, 11) is 0. The molecule has 1 aromatic carbocycles. The minimum absolute atomic E-state index is 0.0269. The number of rotatable bonds is 5. The highest BCUT2D eigenvalue weighted by Crippen LogP contribution is 2.23. The Balaban J connectivity index is 2.12. The Labute approximate surface area is 110 Å². The van der Waals surface area contributed by atoms with Crippen LogP contribution < -0.4 is 11.3 Å². The van der Waals surface area contributed by atoms with Crippen LogP contribution in [-0.4, -0.2) is 4.98 Å². The zero-order valence-corrected chi connectivity index (χ0v) is 10.3. The van der Waals surface area contributed by atoms with E-state index in [1.165, 1.54) is 18.2 Å². The van der Waals surface area contributed by atoms with Gasteiger partial charge in [0.2, 0.25) is 0 Å². The molecule has 0 bridgehead atoms. The van der Waals surface area contributed by atoms with Gasteiger partial charge in [-0.05, 0) is 37.1 Å². The summed E-state index contributed by atoms with van der Waals surface area (Å²) in [5.74, 6) is 4.22. The van der Waals surface area contributed by atoms with Crippen LogP contribution in [0.3, 0.4) is 0 Å². The average Bonchev–Trinajstić information content (AvgIpc) is 2.43. The topological polar surface area (TPSA) is 50.9 Å². The Hall–Kier alpha value is -1.85. The standard InChI is InChI=1S/C14H15F2N3/c15-11-5-3-6-12(16)14(11)13(19-17)8-7-10-4-1-2-9-18-10/h1-6,9,13,19H,7-8,17H2. The van der Waals surface area contributed by atoms with Crippen LogP contribution in [0.4, 0.5) is 8.78 Å². The second kappa shape index (κ2) is 6.36. The number of aromatic nitrogens is 1. The lowest BCUT2D eigenvalue weighted by Gasteiger charge is -2.17. The van der Waals surface area contributed by atoms with E-state index in [0.717, 1.165) is 5.69 Å². The zero-order chi connectivity index (χ0) is 13.7. The van der Waals surface area contributed by atoms with E-state index < -0.39 is 17.7 Å². The first-order valence-electron chi connectivity index (χ1n) is 6.02. The minimum Gasteiger partial charge on any atom is -0.271 e. The van der Waals surface area contributed by atoms with Crippen LogP contribution in [0.25, 0.3) is 0 Å². The molecule has 0 aliphatic heterocycles. The van der Waals surface area contributed by atoms with Gasteiger partial charge in [-0.2, -0.15) is 0 Å². The van der Waals surface area contributed by atoms with Crippen molar-refractivity contribution >= 4 is 0 Å². The van der Waals surface area contributed by atoms with E-state index in [4.69, 9.17) is 5.84 Å². The third kappa shape index (κ3) is 3.33. The number of hydrogen-bond donors (Lipinski definition) is 2. The summed E-state index contributed by atoms with van der Waals surface area (Å²) in [6.45, 7) is 0. The quantitative estimate of drug-likeness (QED) is 0.643. The summed E-state index contributed by atoms with van der Waals surface area (Å²) in [6.07, 6.45) is 2.73. The minimum atomic E-state index is -0.594. The highest BCUT2D eigenvalue weighted by atomic mass is 19.1. The number of aryl methyl sites for hydroxylation is 1. The van der Waals surface area contributed by atoms with E-state index in [0.29, 0.717) is 12.8 Å². The number of pyridine rings is 1. The fraction of sp³-hybridized carbons (Fsp3) is 0.214. The van der Waals surface area contributed by atoms with Gasteiger partial charge in [0.25, 0.3) is 0 Å². The summed E-state index contributed by atoms with van der Waals surface area (Å²) in [5, 5.41) is 0.